The first-order valence-corrected chi connectivity index (χ1v) is 7.23. The molecular formula is C16H23NO. The van der Waals surface area contributed by atoms with E-state index in [4.69, 9.17) is 5.73 Å². The van der Waals surface area contributed by atoms with E-state index in [1.807, 2.05) is 0 Å². The largest absolute Gasteiger partial charge is 0.389 e. The van der Waals surface area contributed by atoms with E-state index in [0.717, 1.165) is 38.5 Å². The van der Waals surface area contributed by atoms with Crippen LogP contribution in [0.25, 0.3) is 0 Å². The Kier molecular flexibility index (Phi) is 2.95. The summed E-state index contributed by atoms with van der Waals surface area (Å²) in [5.41, 5.74) is 8.08. The van der Waals surface area contributed by atoms with E-state index in [2.05, 4.69) is 24.3 Å². The predicted molar refractivity (Wildman–Crippen MR) is 73.5 cm³/mol. The Labute approximate surface area is 109 Å². The summed E-state index contributed by atoms with van der Waals surface area (Å²) in [5, 5.41) is 11.2. The van der Waals surface area contributed by atoms with Gasteiger partial charge in [-0.15, -0.1) is 0 Å². The smallest absolute Gasteiger partial charge is 0.0747 e. The average molecular weight is 245 g/mol. The molecule has 1 saturated carbocycles. The summed E-state index contributed by atoms with van der Waals surface area (Å²) in [4.78, 5) is 0. The summed E-state index contributed by atoms with van der Waals surface area (Å²) in [7, 11) is 0. The Morgan fingerprint density at radius 1 is 1.11 bits per heavy atom. The number of nitrogens with two attached hydrogens (primary N) is 1. The number of benzene rings is 1. The number of aliphatic hydroxyl groups is 1. The second-order valence-electron chi connectivity index (χ2n) is 6.02. The van der Waals surface area contributed by atoms with Crippen LogP contribution in [-0.2, 0) is 11.8 Å². The molecule has 1 fully saturated rings. The molecular weight excluding hydrogens is 222 g/mol. The molecule has 0 aliphatic heterocycles. The Balaban J connectivity index is 2.15. The van der Waals surface area contributed by atoms with Crippen LogP contribution in [0.2, 0.25) is 0 Å². The Morgan fingerprint density at radius 3 is 2.72 bits per heavy atom. The van der Waals surface area contributed by atoms with Crippen molar-refractivity contribution in [1.82, 2.24) is 0 Å². The van der Waals surface area contributed by atoms with E-state index in [1.54, 1.807) is 0 Å². The molecule has 0 bridgehead atoms. The van der Waals surface area contributed by atoms with Crippen molar-refractivity contribution >= 4 is 0 Å². The maximum atomic E-state index is 11.2. The summed E-state index contributed by atoms with van der Waals surface area (Å²) >= 11 is 0. The van der Waals surface area contributed by atoms with E-state index in [-0.39, 0.29) is 5.41 Å². The lowest BCUT2D eigenvalue weighted by atomic mass is 9.53. The van der Waals surface area contributed by atoms with E-state index in [9.17, 15) is 5.11 Å². The molecule has 2 atom stereocenters. The Hall–Kier alpha value is -0.860. The number of fused-ring (bicyclic) bond motifs is 3. The number of hydrogen-bond donors (Lipinski definition) is 2. The molecule has 98 valence electrons. The molecule has 2 aliphatic carbocycles. The lowest BCUT2D eigenvalue weighted by Crippen LogP contribution is -2.57. The van der Waals surface area contributed by atoms with E-state index >= 15 is 0 Å². The topological polar surface area (TPSA) is 46.2 Å². The fourth-order valence-electron chi connectivity index (χ4n) is 4.35. The first kappa shape index (κ1) is 12.2. The van der Waals surface area contributed by atoms with Crippen molar-refractivity contribution in [2.45, 2.75) is 56.0 Å². The molecule has 18 heavy (non-hydrogen) atoms. The third-order valence-electron chi connectivity index (χ3n) is 5.25. The molecule has 0 heterocycles. The third-order valence-corrected chi connectivity index (χ3v) is 5.25. The lowest BCUT2D eigenvalue weighted by molar-refractivity contribution is -0.0862. The van der Waals surface area contributed by atoms with Crippen molar-refractivity contribution in [3.8, 4) is 0 Å². The van der Waals surface area contributed by atoms with Crippen molar-refractivity contribution in [3.05, 3.63) is 35.4 Å². The molecule has 0 radical (unpaired) electrons. The van der Waals surface area contributed by atoms with Crippen molar-refractivity contribution < 1.29 is 5.11 Å². The van der Waals surface area contributed by atoms with Gasteiger partial charge in [0.1, 0.15) is 0 Å². The summed E-state index contributed by atoms with van der Waals surface area (Å²) in [6, 6.07) is 8.67. The van der Waals surface area contributed by atoms with Gasteiger partial charge >= 0.3 is 0 Å². The van der Waals surface area contributed by atoms with E-state index in [0.29, 0.717) is 6.54 Å². The van der Waals surface area contributed by atoms with Gasteiger partial charge in [0.2, 0.25) is 0 Å². The first-order valence-electron chi connectivity index (χ1n) is 7.23. The molecule has 3 rings (SSSR count). The molecule has 1 aromatic carbocycles. The van der Waals surface area contributed by atoms with Crippen LogP contribution in [0.4, 0.5) is 0 Å². The van der Waals surface area contributed by atoms with Gasteiger partial charge in [-0.25, -0.2) is 0 Å². The summed E-state index contributed by atoms with van der Waals surface area (Å²) in [6.45, 7) is 0.663. The molecule has 0 amide bonds. The first-order chi connectivity index (χ1) is 8.72. The highest BCUT2D eigenvalue weighted by atomic mass is 16.3. The molecule has 0 aromatic heterocycles. The number of rotatable bonds is 2. The quantitative estimate of drug-likeness (QED) is 0.841. The molecule has 2 aliphatic rings. The van der Waals surface area contributed by atoms with Gasteiger partial charge in [-0.05, 0) is 49.8 Å². The third kappa shape index (κ3) is 1.55. The van der Waals surface area contributed by atoms with E-state index in [1.165, 1.54) is 17.5 Å². The second kappa shape index (κ2) is 4.36. The van der Waals surface area contributed by atoms with Gasteiger partial charge in [-0.2, -0.15) is 0 Å². The van der Waals surface area contributed by atoms with Crippen molar-refractivity contribution in [1.29, 1.82) is 0 Å². The standard InChI is InChI=1S/C16H23NO/c17-12-11-15-8-3-4-9-16(15,18)10-7-13-5-1-2-6-14(13)15/h1-2,5-6,18H,3-4,7-12,17H2/t15?,16-/m1/s1. The summed E-state index contributed by atoms with van der Waals surface area (Å²) < 4.78 is 0. The monoisotopic (exact) mass is 245 g/mol. The van der Waals surface area contributed by atoms with Gasteiger partial charge in [0.05, 0.1) is 5.60 Å². The minimum Gasteiger partial charge on any atom is -0.389 e. The second-order valence-corrected chi connectivity index (χ2v) is 6.02. The van der Waals surface area contributed by atoms with Crippen LogP contribution in [0.15, 0.2) is 24.3 Å². The van der Waals surface area contributed by atoms with Crippen molar-refractivity contribution in [2.75, 3.05) is 6.54 Å². The minimum atomic E-state index is -0.515. The molecule has 2 heteroatoms. The summed E-state index contributed by atoms with van der Waals surface area (Å²) in [6.07, 6.45) is 7.25. The van der Waals surface area contributed by atoms with Crippen LogP contribution in [0.5, 0.6) is 0 Å². The van der Waals surface area contributed by atoms with Gasteiger partial charge in [-0.1, -0.05) is 37.1 Å². The maximum Gasteiger partial charge on any atom is 0.0747 e. The lowest BCUT2D eigenvalue weighted by Gasteiger charge is -2.54. The van der Waals surface area contributed by atoms with Crippen molar-refractivity contribution in [3.63, 3.8) is 0 Å². The predicted octanol–water partition coefficient (Wildman–Crippen LogP) is 2.52. The van der Waals surface area contributed by atoms with Crippen LogP contribution in [0.3, 0.4) is 0 Å². The molecule has 0 spiro atoms. The molecule has 1 unspecified atom stereocenters. The number of aryl methyl sites for hydroxylation is 1. The van der Waals surface area contributed by atoms with Crippen LogP contribution in [0.1, 0.15) is 49.7 Å². The van der Waals surface area contributed by atoms with Crippen LogP contribution in [0, 0.1) is 0 Å². The highest BCUT2D eigenvalue weighted by Crippen LogP contribution is 2.54. The fraction of sp³-hybridized carbons (Fsp3) is 0.625. The minimum absolute atomic E-state index is 0.0746. The van der Waals surface area contributed by atoms with Crippen LogP contribution in [-0.4, -0.2) is 17.3 Å². The molecule has 0 saturated heterocycles. The summed E-state index contributed by atoms with van der Waals surface area (Å²) in [5.74, 6) is 0. The molecule has 2 nitrogen and oxygen atoms in total. The van der Waals surface area contributed by atoms with Gasteiger partial charge in [0.25, 0.3) is 0 Å². The average Bonchev–Trinajstić information content (AvgIpc) is 2.40. The van der Waals surface area contributed by atoms with E-state index < -0.39 is 5.60 Å². The normalized spacial score (nSPS) is 34.8. The molecule has 3 N–H and O–H groups in total. The van der Waals surface area contributed by atoms with Crippen molar-refractivity contribution in [2.24, 2.45) is 5.73 Å². The zero-order chi connectivity index (χ0) is 12.6. The zero-order valence-electron chi connectivity index (χ0n) is 11.0. The highest BCUT2D eigenvalue weighted by molar-refractivity contribution is 5.41. The highest BCUT2D eigenvalue weighted by Gasteiger charge is 2.54. The molecule has 1 aromatic rings. The van der Waals surface area contributed by atoms with Gasteiger partial charge in [-0.3, -0.25) is 0 Å². The van der Waals surface area contributed by atoms with Gasteiger partial charge in [0.15, 0.2) is 0 Å². The zero-order valence-corrected chi connectivity index (χ0v) is 11.0. The van der Waals surface area contributed by atoms with Crippen LogP contribution >= 0.6 is 0 Å². The SMILES string of the molecule is NCCC12CCCC[C@@]1(O)CCc1ccccc12. The Morgan fingerprint density at radius 2 is 1.89 bits per heavy atom. The van der Waals surface area contributed by atoms with Gasteiger partial charge < -0.3 is 10.8 Å². The van der Waals surface area contributed by atoms with Gasteiger partial charge in [0, 0.05) is 5.41 Å². The fourth-order valence-corrected chi connectivity index (χ4v) is 4.35. The maximum absolute atomic E-state index is 11.2. The number of hydrogen-bond acceptors (Lipinski definition) is 2. The Bertz CT molecular complexity index is 440. The van der Waals surface area contributed by atoms with Crippen LogP contribution < -0.4 is 5.73 Å².